The number of anilines is 1. The van der Waals surface area contributed by atoms with E-state index in [1.165, 1.54) is 0 Å². The monoisotopic (exact) mass is 429 g/mol. The van der Waals surface area contributed by atoms with Gasteiger partial charge in [0.15, 0.2) is 0 Å². The maximum atomic E-state index is 12.8. The van der Waals surface area contributed by atoms with Crippen LogP contribution in [0, 0.1) is 6.92 Å². The van der Waals surface area contributed by atoms with E-state index in [4.69, 9.17) is 0 Å². The van der Waals surface area contributed by atoms with Gasteiger partial charge in [0, 0.05) is 56.2 Å². The standard InChI is InChI=1S/C22H22F3N5O/c1-12-8-16(15-4-6-27-19(15)20(12)31)13(2)17-11-30(7-5-18(17)26-3)21-28-9-14(10-29-21)22(23,24)25/h4,6,8-10,27,31H,5,7,11H2,1-3H3/b17-13+,26-18?. The Morgan fingerprint density at radius 1 is 1.26 bits per heavy atom. The summed E-state index contributed by atoms with van der Waals surface area (Å²) in [4.78, 5) is 17.3. The van der Waals surface area contributed by atoms with Crippen LogP contribution >= 0.6 is 0 Å². The number of aliphatic imine (C=N–C) groups is 1. The number of alkyl halides is 3. The lowest BCUT2D eigenvalue weighted by Crippen LogP contribution is -2.37. The molecule has 0 saturated carbocycles. The summed E-state index contributed by atoms with van der Waals surface area (Å²) in [6, 6.07) is 3.85. The number of benzene rings is 1. The molecule has 0 radical (unpaired) electrons. The number of aromatic amines is 1. The minimum Gasteiger partial charge on any atom is -0.505 e. The molecule has 4 rings (SSSR count). The SMILES string of the molecule is CN=C1CCN(c2ncc(C(F)(F)F)cn2)C/C1=C(/C)c1cc(C)c(O)c2[nH]ccc12. The zero-order valence-electron chi connectivity index (χ0n) is 17.4. The number of phenols is 1. The van der Waals surface area contributed by atoms with Gasteiger partial charge in [0.05, 0.1) is 11.1 Å². The predicted octanol–water partition coefficient (Wildman–Crippen LogP) is 4.75. The number of nitrogens with zero attached hydrogens (tertiary/aromatic N) is 4. The second-order valence-corrected chi connectivity index (χ2v) is 7.57. The largest absolute Gasteiger partial charge is 0.505 e. The third kappa shape index (κ3) is 3.75. The molecule has 162 valence electrons. The van der Waals surface area contributed by atoms with Gasteiger partial charge < -0.3 is 15.0 Å². The molecule has 2 N–H and O–H groups in total. The minimum absolute atomic E-state index is 0.217. The molecular weight excluding hydrogens is 407 g/mol. The fraction of sp³-hybridized carbons (Fsp3) is 0.318. The Kier molecular flexibility index (Phi) is 5.20. The van der Waals surface area contributed by atoms with Crippen LogP contribution in [-0.4, -0.2) is 45.9 Å². The van der Waals surface area contributed by atoms with Crippen molar-refractivity contribution in [3.8, 4) is 5.75 Å². The molecule has 1 aliphatic rings. The number of phenolic OH excluding ortho intramolecular Hbond substituents is 1. The average Bonchev–Trinajstić information content (AvgIpc) is 3.25. The lowest BCUT2D eigenvalue weighted by atomic mass is 9.91. The van der Waals surface area contributed by atoms with Crippen molar-refractivity contribution >= 4 is 28.1 Å². The van der Waals surface area contributed by atoms with Gasteiger partial charge in [-0.15, -0.1) is 0 Å². The zero-order valence-corrected chi connectivity index (χ0v) is 17.4. The molecule has 3 heterocycles. The molecule has 3 aromatic rings. The fourth-order valence-corrected chi connectivity index (χ4v) is 3.96. The highest BCUT2D eigenvalue weighted by Gasteiger charge is 2.32. The molecule has 1 fully saturated rings. The smallest absolute Gasteiger partial charge is 0.419 e. The van der Waals surface area contributed by atoms with Crippen molar-refractivity contribution in [2.45, 2.75) is 26.4 Å². The molecule has 0 unspecified atom stereocenters. The lowest BCUT2D eigenvalue weighted by Gasteiger charge is -2.31. The van der Waals surface area contributed by atoms with E-state index in [9.17, 15) is 18.3 Å². The number of nitrogens with one attached hydrogen (secondary N) is 1. The first-order valence-corrected chi connectivity index (χ1v) is 9.80. The lowest BCUT2D eigenvalue weighted by molar-refractivity contribution is -0.138. The van der Waals surface area contributed by atoms with Crippen molar-refractivity contribution in [2.24, 2.45) is 4.99 Å². The molecule has 0 atom stereocenters. The summed E-state index contributed by atoms with van der Waals surface area (Å²) in [7, 11) is 1.74. The van der Waals surface area contributed by atoms with Gasteiger partial charge in [-0.05, 0) is 48.3 Å². The summed E-state index contributed by atoms with van der Waals surface area (Å²) in [5.74, 6) is 0.469. The number of aromatic hydroxyl groups is 1. The van der Waals surface area contributed by atoms with E-state index in [0.29, 0.717) is 25.0 Å². The molecule has 1 aliphatic heterocycles. The first-order chi connectivity index (χ1) is 14.7. The second kappa shape index (κ2) is 7.72. The quantitative estimate of drug-likeness (QED) is 0.617. The Balaban J connectivity index is 1.75. The highest BCUT2D eigenvalue weighted by atomic mass is 19.4. The minimum atomic E-state index is -4.47. The van der Waals surface area contributed by atoms with Crippen LogP contribution in [0.2, 0.25) is 0 Å². The third-order valence-corrected chi connectivity index (χ3v) is 5.70. The first kappa shape index (κ1) is 20.9. The van der Waals surface area contributed by atoms with Gasteiger partial charge in [0.1, 0.15) is 5.75 Å². The van der Waals surface area contributed by atoms with Crippen molar-refractivity contribution < 1.29 is 18.3 Å². The van der Waals surface area contributed by atoms with Crippen LogP contribution in [0.1, 0.15) is 30.0 Å². The number of aryl methyl sites for hydroxylation is 1. The second-order valence-electron chi connectivity index (χ2n) is 7.57. The van der Waals surface area contributed by atoms with E-state index in [-0.39, 0.29) is 11.7 Å². The molecule has 6 nitrogen and oxygen atoms in total. The van der Waals surface area contributed by atoms with Crippen LogP contribution in [0.4, 0.5) is 19.1 Å². The molecule has 2 aromatic heterocycles. The predicted molar refractivity (Wildman–Crippen MR) is 115 cm³/mol. The van der Waals surface area contributed by atoms with E-state index in [1.54, 1.807) is 13.2 Å². The summed E-state index contributed by atoms with van der Waals surface area (Å²) >= 11 is 0. The summed E-state index contributed by atoms with van der Waals surface area (Å²) in [5, 5.41) is 11.3. The number of rotatable bonds is 2. The molecular formula is C22H22F3N5O. The van der Waals surface area contributed by atoms with Crippen LogP contribution in [0.15, 0.2) is 41.3 Å². The van der Waals surface area contributed by atoms with Crippen molar-refractivity contribution in [2.75, 3.05) is 25.0 Å². The van der Waals surface area contributed by atoms with E-state index in [0.717, 1.165) is 45.8 Å². The summed E-state index contributed by atoms with van der Waals surface area (Å²) in [6.45, 7) is 4.82. The van der Waals surface area contributed by atoms with Gasteiger partial charge in [0.25, 0.3) is 0 Å². The van der Waals surface area contributed by atoms with Crippen molar-refractivity contribution in [3.63, 3.8) is 0 Å². The molecule has 1 aromatic carbocycles. The number of hydrogen-bond acceptors (Lipinski definition) is 5. The van der Waals surface area contributed by atoms with Crippen LogP contribution in [-0.2, 0) is 6.18 Å². The normalized spacial score (nSPS) is 18.1. The maximum absolute atomic E-state index is 12.8. The Labute approximate surface area is 177 Å². The summed E-state index contributed by atoms with van der Waals surface area (Å²) in [6.07, 6.45) is -0.434. The van der Waals surface area contributed by atoms with Crippen LogP contribution < -0.4 is 4.90 Å². The molecule has 31 heavy (non-hydrogen) atoms. The number of H-pyrrole nitrogens is 1. The molecule has 9 heteroatoms. The molecule has 0 aliphatic carbocycles. The van der Waals surface area contributed by atoms with E-state index in [2.05, 4.69) is 19.9 Å². The Morgan fingerprint density at radius 2 is 1.97 bits per heavy atom. The Morgan fingerprint density at radius 3 is 2.61 bits per heavy atom. The van der Waals surface area contributed by atoms with Gasteiger partial charge in [-0.25, -0.2) is 9.97 Å². The van der Waals surface area contributed by atoms with Crippen molar-refractivity contribution in [3.05, 3.63) is 53.0 Å². The third-order valence-electron chi connectivity index (χ3n) is 5.70. The van der Waals surface area contributed by atoms with Gasteiger partial charge in [-0.3, -0.25) is 4.99 Å². The van der Waals surface area contributed by atoms with E-state index in [1.807, 2.05) is 30.9 Å². The highest BCUT2D eigenvalue weighted by Crippen LogP contribution is 2.36. The topological polar surface area (TPSA) is 77.4 Å². The van der Waals surface area contributed by atoms with Crippen LogP contribution in [0.5, 0.6) is 5.75 Å². The summed E-state index contributed by atoms with van der Waals surface area (Å²) in [5.41, 5.74) is 4.43. The van der Waals surface area contributed by atoms with Crippen molar-refractivity contribution in [1.82, 2.24) is 15.0 Å². The van der Waals surface area contributed by atoms with Crippen molar-refractivity contribution in [1.29, 1.82) is 0 Å². The number of piperidine rings is 1. The first-order valence-electron chi connectivity index (χ1n) is 9.80. The number of hydrogen-bond donors (Lipinski definition) is 2. The molecule has 1 saturated heterocycles. The number of allylic oxidation sites excluding steroid dienone is 1. The number of fused-ring (bicyclic) bond motifs is 1. The zero-order chi connectivity index (χ0) is 22.3. The van der Waals surface area contributed by atoms with Crippen LogP contribution in [0.25, 0.3) is 16.5 Å². The highest BCUT2D eigenvalue weighted by molar-refractivity contribution is 6.10. The van der Waals surface area contributed by atoms with Gasteiger partial charge >= 0.3 is 6.18 Å². The van der Waals surface area contributed by atoms with E-state index < -0.39 is 11.7 Å². The number of aromatic nitrogens is 3. The molecule has 0 bridgehead atoms. The number of halogens is 3. The average molecular weight is 429 g/mol. The fourth-order valence-electron chi connectivity index (χ4n) is 3.96. The molecule has 0 spiro atoms. The Bertz CT molecular complexity index is 1190. The van der Waals surface area contributed by atoms with Gasteiger partial charge in [-0.2, -0.15) is 13.2 Å². The van der Waals surface area contributed by atoms with Crippen LogP contribution in [0.3, 0.4) is 0 Å². The molecule has 0 amide bonds. The summed E-state index contributed by atoms with van der Waals surface area (Å²) < 4.78 is 38.5. The maximum Gasteiger partial charge on any atom is 0.419 e. The van der Waals surface area contributed by atoms with E-state index >= 15 is 0 Å². The Hall–Kier alpha value is -3.36. The van der Waals surface area contributed by atoms with Gasteiger partial charge in [-0.1, -0.05) is 0 Å². The van der Waals surface area contributed by atoms with Gasteiger partial charge in [0.2, 0.25) is 5.95 Å².